The van der Waals surface area contributed by atoms with E-state index >= 15 is 0 Å². The highest BCUT2D eigenvalue weighted by molar-refractivity contribution is 5.77. The summed E-state index contributed by atoms with van der Waals surface area (Å²) in [5.74, 6) is -3.72. The van der Waals surface area contributed by atoms with E-state index < -0.39 is 43.2 Å². The number of hydrogen-bond acceptors (Lipinski definition) is 5. The van der Waals surface area contributed by atoms with Crippen LogP contribution in [0.3, 0.4) is 0 Å². The zero-order chi connectivity index (χ0) is 13.5. The van der Waals surface area contributed by atoms with Crippen molar-refractivity contribution in [3.05, 3.63) is 12.3 Å². The Hall–Kier alpha value is -1.29. The first-order chi connectivity index (χ1) is 8.37. The number of amides is 2. The maximum absolute atomic E-state index is 13.7. The number of halogens is 2. The lowest BCUT2D eigenvalue weighted by Gasteiger charge is -2.32. The molecule has 2 heterocycles. The van der Waals surface area contributed by atoms with Crippen LogP contribution in [0.15, 0.2) is 12.3 Å². The van der Waals surface area contributed by atoms with Gasteiger partial charge in [-0.15, -0.1) is 0 Å². The van der Waals surface area contributed by atoms with Gasteiger partial charge in [-0.3, -0.25) is 4.90 Å². The van der Waals surface area contributed by atoms with E-state index in [1.54, 1.807) is 0 Å². The Bertz CT molecular complexity index is 378. The molecule has 0 spiro atoms. The molecule has 0 saturated carbocycles. The molecular weight excluding hydrogens is 254 g/mol. The zero-order valence-electron chi connectivity index (χ0n) is 9.03. The molecule has 1 fully saturated rings. The second-order valence-electron chi connectivity index (χ2n) is 3.97. The second kappa shape index (κ2) is 4.43. The van der Waals surface area contributed by atoms with Crippen molar-refractivity contribution in [1.82, 2.24) is 10.2 Å². The zero-order valence-corrected chi connectivity index (χ0v) is 9.03. The average Bonchev–Trinajstić information content (AvgIpc) is 2.52. The molecule has 2 rings (SSSR count). The summed E-state index contributed by atoms with van der Waals surface area (Å²) < 4.78 is 32.1. The lowest BCUT2D eigenvalue weighted by molar-refractivity contribution is -0.146. The van der Waals surface area contributed by atoms with Gasteiger partial charge in [0.25, 0.3) is 0 Å². The van der Waals surface area contributed by atoms with Gasteiger partial charge in [-0.2, -0.15) is 8.78 Å². The van der Waals surface area contributed by atoms with Crippen molar-refractivity contribution in [3.63, 3.8) is 0 Å². The minimum absolute atomic E-state index is 0.519. The maximum atomic E-state index is 13.7. The van der Waals surface area contributed by atoms with Crippen molar-refractivity contribution < 1.29 is 33.6 Å². The highest BCUT2D eigenvalue weighted by Crippen LogP contribution is 2.38. The number of carbonyl (C=O) groups is 1. The van der Waals surface area contributed by atoms with Crippen molar-refractivity contribution in [3.8, 4) is 0 Å². The largest absolute Gasteiger partial charge is 0.394 e. The topological polar surface area (TPSA) is 102 Å². The number of aliphatic hydroxyl groups excluding tert-OH is 3. The molecule has 0 aromatic rings. The monoisotopic (exact) mass is 266 g/mol. The molecule has 18 heavy (non-hydrogen) atoms. The molecule has 0 bridgehead atoms. The number of rotatable bonds is 2. The Labute approximate surface area is 100 Å². The van der Waals surface area contributed by atoms with Crippen molar-refractivity contribution in [2.75, 3.05) is 6.61 Å². The Morgan fingerprint density at radius 1 is 1.50 bits per heavy atom. The Morgan fingerprint density at radius 2 is 2.17 bits per heavy atom. The fourth-order valence-electron chi connectivity index (χ4n) is 1.79. The fraction of sp³-hybridized carbons (Fsp3) is 0.667. The fourth-order valence-corrected chi connectivity index (χ4v) is 1.79. The molecule has 0 radical (unpaired) electrons. The minimum Gasteiger partial charge on any atom is -0.394 e. The number of nitrogens with zero attached hydrogens (tertiary/aromatic N) is 1. The number of urea groups is 1. The first kappa shape index (κ1) is 13.1. The highest BCUT2D eigenvalue weighted by atomic mass is 19.3. The third-order valence-electron chi connectivity index (χ3n) is 2.75. The molecule has 7 nitrogen and oxygen atoms in total. The molecule has 102 valence electrons. The maximum Gasteiger partial charge on any atom is 0.325 e. The van der Waals surface area contributed by atoms with Crippen LogP contribution in [0.5, 0.6) is 0 Å². The van der Waals surface area contributed by atoms with Gasteiger partial charge >= 0.3 is 12.0 Å². The van der Waals surface area contributed by atoms with Crippen LogP contribution >= 0.6 is 0 Å². The molecule has 0 aliphatic carbocycles. The lowest BCUT2D eigenvalue weighted by Crippen LogP contribution is -2.55. The Balaban J connectivity index is 2.23. The number of alkyl halides is 2. The molecule has 4 atom stereocenters. The summed E-state index contributed by atoms with van der Waals surface area (Å²) in [5.41, 5.74) is 0. The van der Waals surface area contributed by atoms with E-state index in [2.05, 4.69) is 0 Å². The highest BCUT2D eigenvalue weighted by Gasteiger charge is 2.61. The molecule has 2 aliphatic heterocycles. The van der Waals surface area contributed by atoms with Crippen molar-refractivity contribution in [2.45, 2.75) is 30.6 Å². The molecule has 1 unspecified atom stereocenters. The molecule has 2 aliphatic rings. The summed E-state index contributed by atoms with van der Waals surface area (Å²) in [4.78, 5) is 11.9. The number of nitrogens with one attached hydrogen (secondary N) is 1. The summed E-state index contributed by atoms with van der Waals surface area (Å²) in [5, 5.41) is 29.1. The first-order valence-electron chi connectivity index (χ1n) is 5.15. The molecule has 1 saturated heterocycles. The number of hydrogen-bond donors (Lipinski definition) is 4. The van der Waals surface area contributed by atoms with Gasteiger partial charge in [0.15, 0.2) is 6.10 Å². The molecular formula is C9H12F2N2O5. The van der Waals surface area contributed by atoms with E-state index in [4.69, 9.17) is 14.9 Å². The predicted octanol–water partition coefficient (Wildman–Crippen LogP) is -1.44. The SMILES string of the molecule is O=C1NC(O)C=CN1[C@H]1O[C@H](CO)[C@@H](O)C1(F)F. The third kappa shape index (κ3) is 1.94. The van der Waals surface area contributed by atoms with Gasteiger partial charge in [-0.25, -0.2) is 4.79 Å². The van der Waals surface area contributed by atoms with E-state index in [0.717, 1.165) is 12.3 Å². The second-order valence-corrected chi connectivity index (χ2v) is 3.97. The van der Waals surface area contributed by atoms with E-state index in [1.165, 1.54) is 0 Å². The normalized spacial score (nSPS) is 38.9. The summed E-state index contributed by atoms with van der Waals surface area (Å²) in [7, 11) is 0. The van der Waals surface area contributed by atoms with Crippen LogP contribution in [0, 0.1) is 0 Å². The van der Waals surface area contributed by atoms with Crippen molar-refractivity contribution in [2.24, 2.45) is 0 Å². The predicted molar refractivity (Wildman–Crippen MR) is 52.2 cm³/mol. The smallest absolute Gasteiger partial charge is 0.325 e. The number of ether oxygens (including phenoxy) is 1. The summed E-state index contributed by atoms with van der Waals surface area (Å²) in [6, 6.07) is -0.986. The van der Waals surface area contributed by atoms with Crippen LogP contribution in [-0.2, 0) is 4.74 Å². The minimum atomic E-state index is -3.72. The lowest BCUT2D eigenvalue weighted by atomic mass is 10.1. The van der Waals surface area contributed by atoms with E-state index in [9.17, 15) is 18.7 Å². The average molecular weight is 266 g/mol. The molecule has 4 N–H and O–H groups in total. The molecule has 2 amide bonds. The molecule has 0 aromatic carbocycles. The number of aliphatic hydroxyl groups is 3. The number of carbonyl (C=O) groups excluding carboxylic acids is 1. The summed E-state index contributed by atoms with van der Waals surface area (Å²) in [6.45, 7) is -0.797. The van der Waals surface area contributed by atoms with Gasteiger partial charge in [-0.05, 0) is 6.08 Å². The van der Waals surface area contributed by atoms with Gasteiger partial charge in [0.1, 0.15) is 12.3 Å². The Morgan fingerprint density at radius 3 is 2.67 bits per heavy atom. The van der Waals surface area contributed by atoms with Crippen LogP contribution in [0.2, 0.25) is 0 Å². The van der Waals surface area contributed by atoms with E-state index in [0.29, 0.717) is 4.90 Å². The Kier molecular flexibility index (Phi) is 3.23. The van der Waals surface area contributed by atoms with Crippen LogP contribution < -0.4 is 5.32 Å². The van der Waals surface area contributed by atoms with Crippen LogP contribution in [0.25, 0.3) is 0 Å². The van der Waals surface area contributed by atoms with Gasteiger partial charge in [0.2, 0.25) is 6.23 Å². The molecule has 9 heteroatoms. The van der Waals surface area contributed by atoms with Crippen LogP contribution in [0.4, 0.5) is 13.6 Å². The standard InChI is InChI=1S/C9H12F2N2O5/c10-9(11)6(16)4(3-14)18-7(9)13-2-1-5(15)12-8(13)17/h1-2,4-7,14-16H,3H2,(H,12,17)/t4-,5?,6-,7+/m1/s1. The third-order valence-corrected chi connectivity index (χ3v) is 2.75. The quantitative estimate of drug-likeness (QED) is 0.490. The van der Waals surface area contributed by atoms with Crippen molar-refractivity contribution >= 4 is 6.03 Å². The summed E-state index contributed by atoms with van der Waals surface area (Å²) in [6.07, 6.45) is -4.97. The first-order valence-corrected chi connectivity index (χ1v) is 5.15. The van der Waals surface area contributed by atoms with Gasteiger partial charge in [-0.1, -0.05) is 0 Å². The van der Waals surface area contributed by atoms with Gasteiger partial charge in [0, 0.05) is 6.20 Å². The van der Waals surface area contributed by atoms with E-state index in [1.807, 2.05) is 5.32 Å². The van der Waals surface area contributed by atoms with Gasteiger partial charge in [0.05, 0.1) is 6.61 Å². The van der Waals surface area contributed by atoms with E-state index in [-0.39, 0.29) is 0 Å². The van der Waals surface area contributed by atoms with Crippen LogP contribution in [0.1, 0.15) is 0 Å². The van der Waals surface area contributed by atoms with Crippen molar-refractivity contribution in [1.29, 1.82) is 0 Å². The van der Waals surface area contributed by atoms with Gasteiger partial charge < -0.3 is 25.4 Å². The molecule has 0 aromatic heterocycles. The summed E-state index contributed by atoms with van der Waals surface area (Å²) >= 11 is 0. The van der Waals surface area contributed by atoms with Crippen LogP contribution in [-0.4, -0.2) is 63.4 Å².